The number of hydrogen-bond acceptors (Lipinski definition) is 4. The van der Waals surface area contributed by atoms with Crippen molar-refractivity contribution in [3.8, 4) is 0 Å². The molecular weight excluding hydrogens is 268 g/mol. The van der Waals surface area contributed by atoms with E-state index in [1.54, 1.807) is 11.3 Å². The molecule has 0 unspecified atom stereocenters. The zero-order valence-electron chi connectivity index (χ0n) is 12.0. The largest absolute Gasteiger partial charge is 0.307 e. The van der Waals surface area contributed by atoms with Crippen LogP contribution < -0.4 is 5.32 Å². The van der Waals surface area contributed by atoms with Crippen LogP contribution in [0.5, 0.6) is 0 Å². The summed E-state index contributed by atoms with van der Waals surface area (Å²) in [5, 5.41) is 5.66. The van der Waals surface area contributed by atoms with Crippen LogP contribution >= 0.6 is 11.3 Å². The molecule has 3 rings (SSSR count). The first-order valence-electron chi connectivity index (χ1n) is 6.69. The summed E-state index contributed by atoms with van der Waals surface area (Å²) in [6, 6.07) is 2.07. The number of rotatable bonds is 4. The fourth-order valence-electron chi connectivity index (χ4n) is 2.39. The highest BCUT2D eigenvalue weighted by Crippen LogP contribution is 2.20. The van der Waals surface area contributed by atoms with E-state index in [9.17, 15) is 0 Å². The Morgan fingerprint density at radius 2 is 2.10 bits per heavy atom. The first-order valence-corrected chi connectivity index (χ1v) is 7.57. The molecule has 0 saturated heterocycles. The van der Waals surface area contributed by atoms with Gasteiger partial charge in [0, 0.05) is 36.6 Å². The van der Waals surface area contributed by atoms with Crippen LogP contribution in [0.2, 0.25) is 0 Å². The van der Waals surface area contributed by atoms with Gasteiger partial charge in [-0.2, -0.15) is 0 Å². The topological polar surface area (TPSA) is 42.2 Å². The molecule has 3 aromatic heterocycles. The molecule has 5 heteroatoms. The lowest BCUT2D eigenvalue weighted by Gasteiger charge is -2.08. The molecule has 20 heavy (non-hydrogen) atoms. The van der Waals surface area contributed by atoms with Crippen LogP contribution in [0.15, 0.2) is 23.8 Å². The zero-order valence-corrected chi connectivity index (χ0v) is 12.8. The number of nitrogens with one attached hydrogen (secondary N) is 1. The van der Waals surface area contributed by atoms with Crippen LogP contribution in [-0.4, -0.2) is 14.4 Å². The summed E-state index contributed by atoms with van der Waals surface area (Å²) < 4.78 is 2.24. The van der Waals surface area contributed by atoms with E-state index >= 15 is 0 Å². The Balaban J connectivity index is 1.76. The van der Waals surface area contributed by atoms with E-state index in [0.29, 0.717) is 0 Å². The van der Waals surface area contributed by atoms with Crippen LogP contribution in [0, 0.1) is 20.8 Å². The molecule has 0 radical (unpaired) electrons. The predicted molar refractivity (Wildman–Crippen MR) is 82.1 cm³/mol. The van der Waals surface area contributed by atoms with Crippen LogP contribution in [0.25, 0.3) is 4.96 Å². The summed E-state index contributed by atoms with van der Waals surface area (Å²) in [4.78, 5) is 9.81. The van der Waals surface area contributed by atoms with Crippen LogP contribution in [0.3, 0.4) is 0 Å². The van der Waals surface area contributed by atoms with Crippen molar-refractivity contribution in [2.24, 2.45) is 0 Å². The Kier molecular flexibility index (Phi) is 3.54. The first kappa shape index (κ1) is 13.3. The lowest BCUT2D eigenvalue weighted by Crippen LogP contribution is -2.15. The second-order valence-corrected chi connectivity index (χ2v) is 5.88. The molecule has 0 aliphatic carbocycles. The maximum atomic E-state index is 4.61. The predicted octanol–water partition coefficient (Wildman–Crippen LogP) is 3.01. The number of imidazole rings is 1. The van der Waals surface area contributed by atoms with E-state index in [1.165, 1.54) is 22.5 Å². The summed E-state index contributed by atoms with van der Waals surface area (Å²) in [7, 11) is 0. The highest BCUT2D eigenvalue weighted by Gasteiger charge is 2.11. The van der Waals surface area contributed by atoms with Crippen LogP contribution in [-0.2, 0) is 13.1 Å². The fourth-order valence-corrected chi connectivity index (χ4v) is 3.32. The third kappa shape index (κ3) is 2.34. The number of thiazole rings is 1. The average Bonchev–Trinajstić information content (AvgIpc) is 2.93. The smallest absolute Gasteiger partial charge is 0.194 e. The first-order chi connectivity index (χ1) is 9.66. The molecule has 1 N–H and O–H groups in total. The molecule has 0 aliphatic heterocycles. The highest BCUT2D eigenvalue weighted by atomic mass is 32.1. The monoisotopic (exact) mass is 286 g/mol. The van der Waals surface area contributed by atoms with E-state index < -0.39 is 0 Å². The normalized spacial score (nSPS) is 11.3. The summed E-state index contributed by atoms with van der Waals surface area (Å²) in [5.41, 5.74) is 6.13. The van der Waals surface area contributed by atoms with Gasteiger partial charge in [-0.25, -0.2) is 4.98 Å². The van der Waals surface area contributed by atoms with Gasteiger partial charge in [0.2, 0.25) is 0 Å². The van der Waals surface area contributed by atoms with Gasteiger partial charge in [-0.15, -0.1) is 11.3 Å². The highest BCUT2D eigenvalue weighted by molar-refractivity contribution is 7.15. The minimum absolute atomic E-state index is 0.826. The van der Waals surface area contributed by atoms with Crippen molar-refractivity contribution in [2.75, 3.05) is 0 Å². The Labute approximate surface area is 122 Å². The maximum absolute atomic E-state index is 4.61. The van der Waals surface area contributed by atoms with E-state index in [1.807, 2.05) is 12.4 Å². The van der Waals surface area contributed by atoms with Gasteiger partial charge in [-0.3, -0.25) is 9.38 Å². The third-order valence-electron chi connectivity index (χ3n) is 3.57. The summed E-state index contributed by atoms with van der Waals surface area (Å²) >= 11 is 1.70. The van der Waals surface area contributed by atoms with Gasteiger partial charge in [0.25, 0.3) is 0 Å². The molecule has 0 saturated carbocycles. The number of aryl methyl sites for hydroxylation is 3. The van der Waals surface area contributed by atoms with Crippen molar-refractivity contribution in [1.82, 2.24) is 19.7 Å². The molecule has 0 spiro atoms. The van der Waals surface area contributed by atoms with Gasteiger partial charge in [-0.1, -0.05) is 0 Å². The molecule has 0 amide bonds. The van der Waals surface area contributed by atoms with Gasteiger partial charge in [0.05, 0.1) is 11.4 Å². The van der Waals surface area contributed by atoms with E-state index in [4.69, 9.17) is 0 Å². The Morgan fingerprint density at radius 3 is 2.90 bits per heavy atom. The van der Waals surface area contributed by atoms with Gasteiger partial charge in [0.1, 0.15) is 0 Å². The summed E-state index contributed by atoms with van der Waals surface area (Å²) in [6.07, 6.45) is 3.75. The zero-order chi connectivity index (χ0) is 14.1. The van der Waals surface area contributed by atoms with E-state index in [-0.39, 0.29) is 0 Å². The standard InChI is InChI=1S/C15H18N4S/c1-10-6-16-5-4-13(10)7-17-8-14-12(3)18-15-19(14)11(2)9-20-15/h4-6,9,17H,7-8H2,1-3H3. The quantitative estimate of drug-likeness (QED) is 0.801. The third-order valence-corrected chi connectivity index (χ3v) is 4.52. The molecule has 4 nitrogen and oxygen atoms in total. The Hall–Kier alpha value is -1.72. The van der Waals surface area contributed by atoms with Crippen molar-refractivity contribution in [2.45, 2.75) is 33.9 Å². The number of nitrogens with zero attached hydrogens (tertiary/aromatic N) is 3. The molecule has 3 aromatic rings. The van der Waals surface area contributed by atoms with Crippen molar-refractivity contribution in [3.05, 3.63) is 52.0 Å². The second-order valence-electron chi connectivity index (χ2n) is 5.04. The average molecular weight is 286 g/mol. The molecule has 0 bridgehead atoms. The number of pyridine rings is 1. The number of hydrogen-bond donors (Lipinski definition) is 1. The van der Waals surface area contributed by atoms with Crippen LogP contribution in [0.4, 0.5) is 0 Å². The van der Waals surface area contributed by atoms with Gasteiger partial charge < -0.3 is 5.32 Å². The number of fused-ring (bicyclic) bond motifs is 1. The van der Waals surface area contributed by atoms with Crippen molar-refractivity contribution >= 4 is 16.3 Å². The van der Waals surface area contributed by atoms with Gasteiger partial charge >= 0.3 is 0 Å². The maximum Gasteiger partial charge on any atom is 0.194 e. The molecular formula is C15H18N4S. The minimum Gasteiger partial charge on any atom is -0.307 e. The van der Waals surface area contributed by atoms with Gasteiger partial charge in [0.15, 0.2) is 4.96 Å². The van der Waals surface area contributed by atoms with E-state index in [0.717, 1.165) is 23.7 Å². The van der Waals surface area contributed by atoms with Crippen molar-refractivity contribution in [1.29, 1.82) is 0 Å². The Bertz CT molecular complexity index is 741. The molecule has 3 heterocycles. The Morgan fingerprint density at radius 1 is 1.25 bits per heavy atom. The summed E-state index contributed by atoms with van der Waals surface area (Å²) in [5.74, 6) is 0. The molecule has 0 fully saturated rings. The summed E-state index contributed by atoms with van der Waals surface area (Å²) in [6.45, 7) is 7.97. The SMILES string of the molecule is Cc1cnccc1CNCc1c(C)nc2scc(C)n12. The lowest BCUT2D eigenvalue weighted by molar-refractivity contribution is 0.668. The molecule has 104 valence electrons. The van der Waals surface area contributed by atoms with E-state index in [2.05, 4.69) is 51.9 Å². The molecule has 0 atom stereocenters. The lowest BCUT2D eigenvalue weighted by atomic mass is 10.1. The van der Waals surface area contributed by atoms with Crippen LogP contribution in [0.1, 0.15) is 28.2 Å². The minimum atomic E-state index is 0.826. The number of aromatic nitrogens is 3. The molecule has 0 aromatic carbocycles. The second kappa shape index (κ2) is 5.34. The molecule has 0 aliphatic rings. The fraction of sp³-hybridized carbons (Fsp3) is 0.333. The van der Waals surface area contributed by atoms with Gasteiger partial charge in [-0.05, 0) is 38.0 Å². The van der Waals surface area contributed by atoms with Crippen molar-refractivity contribution < 1.29 is 0 Å². The van der Waals surface area contributed by atoms with Crippen molar-refractivity contribution in [3.63, 3.8) is 0 Å².